The Hall–Kier alpha value is -1.59. The van der Waals surface area contributed by atoms with Crippen molar-refractivity contribution in [1.82, 2.24) is 4.90 Å². The second-order valence-corrected chi connectivity index (χ2v) is 5.48. The Labute approximate surface area is 121 Å². The molecule has 1 saturated heterocycles. The van der Waals surface area contributed by atoms with Gasteiger partial charge in [-0.2, -0.15) is 0 Å². The fraction of sp³-hybridized carbons (Fsp3) is 0.429. The monoisotopic (exact) mass is 297 g/mol. The van der Waals surface area contributed by atoms with Gasteiger partial charge in [-0.25, -0.2) is 0 Å². The molecule has 5 nitrogen and oxygen atoms in total. The predicted molar refractivity (Wildman–Crippen MR) is 73.6 cm³/mol. The molecular weight excluding hydrogens is 282 g/mol. The zero-order valence-electron chi connectivity index (χ0n) is 10.8. The van der Waals surface area contributed by atoms with Crippen molar-refractivity contribution in [2.24, 2.45) is 11.8 Å². The lowest BCUT2D eigenvalue weighted by atomic mass is 9.85. The molecule has 0 saturated carbocycles. The third-order valence-electron chi connectivity index (χ3n) is 3.65. The second kappa shape index (κ2) is 6.24. The normalized spacial score (nSPS) is 23.4. The number of hydrogen-bond donors (Lipinski definition) is 2. The number of carbonyl (C=O) groups is 2. The average molecular weight is 298 g/mol. The van der Waals surface area contributed by atoms with Gasteiger partial charge in [0, 0.05) is 18.1 Å². The van der Waals surface area contributed by atoms with Crippen LogP contribution in [0.1, 0.15) is 12.0 Å². The number of carboxylic acids is 2. The van der Waals surface area contributed by atoms with Crippen LogP contribution in [0.3, 0.4) is 0 Å². The van der Waals surface area contributed by atoms with Crippen LogP contribution in [0.4, 0.5) is 0 Å². The number of halogens is 1. The van der Waals surface area contributed by atoms with Crippen LogP contribution in [-0.2, 0) is 16.1 Å². The van der Waals surface area contributed by atoms with Crippen LogP contribution in [0.5, 0.6) is 0 Å². The maximum Gasteiger partial charge on any atom is 0.308 e. The summed E-state index contributed by atoms with van der Waals surface area (Å²) in [4.78, 5) is 24.3. The molecule has 1 fully saturated rings. The van der Waals surface area contributed by atoms with E-state index in [1.54, 1.807) is 12.1 Å². The van der Waals surface area contributed by atoms with Crippen molar-refractivity contribution in [2.75, 3.05) is 13.1 Å². The first-order valence-electron chi connectivity index (χ1n) is 6.40. The molecule has 108 valence electrons. The molecule has 1 heterocycles. The highest BCUT2D eigenvalue weighted by atomic mass is 35.5. The van der Waals surface area contributed by atoms with Gasteiger partial charge in [-0.1, -0.05) is 23.7 Å². The van der Waals surface area contributed by atoms with Crippen molar-refractivity contribution in [3.63, 3.8) is 0 Å². The highest BCUT2D eigenvalue weighted by Crippen LogP contribution is 2.25. The van der Waals surface area contributed by atoms with Crippen molar-refractivity contribution >= 4 is 23.5 Å². The molecule has 20 heavy (non-hydrogen) atoms. The first-order chi connectivity index (χ1) is 9.47. The van der Waals surface area contributed by atoms with Crippen LogP contribution < -0.4 is 0 Å². The van der Waals surface area contributed by atoms with E-state index in [0.29, 0.717) is 24.5 Å². The first kappa shape index (κ1) is 14.8. The number of rotatable bonds is 4. The Kier molecular flexibility index (Phi) is 4.62. The Morgan fingerprint density at radius 3 is 2.30 bits per heavy atom. The molecule has 0 bridgehead atoms. The molecule has 1 aromatic rings. The maximum absolute atomic E-state index is 11.2. The van der Waals surface area contributed by atoms with Crippen molar-refractivity contribution in [2.45, 2.75) is 13.0 Å². The van der Waals surface area contributed by atoms with Gasteiger partial charge >= 0.3 is 11.9 Å². The van der Waals surface area contributed by atoms with Gasteiger partial charge in [-0.05, 0) is 30.7 Å². The lowest BCUT2D eigenvalue weighted by Crippen LogP contribution is -2.46. The molecule has 1 aliphatic heterocycles. The van der Waals surface area contributed by atoms with Gasteiger partial charge in [-0.15, -0.1) is 0 Å². The van der Waals surface area contributed by atoms with E-state index < -0.39 is 23.8 Å². The number of nitrogens with zero attached hydrogens (tertiary/aromatic N) is 1. The Morgan fingerprint density at radius 2 is 1.75 bits per heavy atom. The fourth-order valence-corrected chi connectivity index (χ4v) is 2.68. The van der Waals surface area contributed by atoms with Crippen LogP contribution in [0.25, 0.3) is 0 Å². The molecule has 0 aromatic heterocycles. The summed E-state index contributed by atoms with van der Waals surface area (Å²) in [5, 5.41) is 18.9. The summed E-state index contributed by atoms with van der Waals surface area (Å²) >= 11 is 5.82. The lowest BCUT2D eigenvalue weighted by Gasteiger charge is -2.34. The van der Waals surface area contributed by atoms with E-state index in [1.807, 2.05) is 17.0 Å². The van der Waals surface area contributed by atoms with Crippen LogP contribution in [-0.4, -0.2) is 40.1 Å². The second-order valence-electron chi connectivity index (χ2n) is 5.04. The van der Waals surface area contributed by atoms with Gasteiger partial charge in [0.1, 0.15) is 0 Å². The van der Waals surface area contributed by atoms with E-state index in [4.69, 9.17) is 16.7 Å². The summed E-state index contributed by atoms with van der Waals surface area (Å²) in [6, 6.07) is 7.36. The molecule has 2 atom stereocenters. The molecular formula is C14H16ClNO4. The Balaban J connectivity index is 2.03. The molecule has 0 aliphatic carbocycles. The minimum atomic E-state index is -1.04. The van der Waals surface area contributed by atoms with Gasteiger partial charge in [0.15, 0.2) is 0 Å². The molecule has 2 unspecified atom stereocenters. The van der Waals surface area contributed by atoms with Gasteiger partial charge in [0.25, 0.3) is 0 Å². The highest BCUT2D eigenvalue weighted by molar-refractivity contribution is 6.30. The largest absolute Gasteiger partial charge is 0.481 e. The third kappa shape index (κ3) is 3.49. The van der Waals surface area contributed by atoms with Gasteiger partial charge in [0.2, 0.25) is 0 Å². The number of benzene rings is 1. The molecule has 0 radical (unpaired) electrons. The molecule has 2 rings (SSSR count). The van der Waals surface area contributed by atoms with E-state index >= 15 is 0 Å². The Bertz CT molecular complexity index is 502. The van der Waals surface area contributed by atoms with Gasteiger partial charge in [0.05, 0.1) is 11.8 Å². The van der Waals surface area contributed by atoms with E-state index in [9.17, 15) is 14.7 Å². The first-order valence-corrected chi connectivity index (χ1v) is 6.77. The number of piperidine rings is 1. The average Bonchev–Trinajstić information content (AvgIpc) is 2.41. The summed E-state index contributed by atoms with van der Waals surface area (Å²) < 4.78 is 0. The van der Waals surface area contributed by atoms with Crippen LogP contribution >= 0.6 is 11.6 Å². The summed E-state index contributed by atoms with van der Waals surface area (Å²) in [6.07, 6.45) is 0.361. The van der Waals surface area contributed by atoms with Crippen LogP contribution in [0.2, 0.25) is 5.02 Å². The smallest absolute Gasteiger partial charge is 0.308 e. The molecule has 1 aromatic carbocycles. The Morgan fingerprint density at radius 1 is 1.15 bits per heavy atom. The third-order valence-corrected chi connectivity index (χ3v) is 3.90. The van der Waals surface area contributed by atoms with Crippen molar-refractivity contribution < 1.29 is 19.8 Å². The number of aliphatic carboxylic acids is 2. The zero-order valence-corrected chi connectivity index (χ0v) is 11.6. The zero-order chi connectivity index (χ0) is 14.7. The van der Waals surface area contributed by atoms with E-state index in [-0.39, 0.29) is 6.54 Å². The lowest BCUT2D eigenvalue weighted by molar-refractivity contribution is -0.157. The van der Waals surface area contributed by atoms with Crippen molar-refractivity contribution in [3.05, 3.63) is 34.9 Å². The highest BCUT2D eigenvalue weighted by Gasteiger charge is 2.38. The maximum atomic E-state index is 11.2. The minimum Gasteiger partial charge on any atom is -0.481 e. The predicted octanol–water partition coefficient (Wildman–Crippen LogP) is 1.95. The van der Waals surface area contributed by atoms with Crippen molar-refractivity contribution in [3.8, 4) is 0 Å². The number of hydrogen-bond acceptors (Lipinski definition) is 3. The summed E-state index contributed by atoms with van der Waals surface area (Å²) in [5.74, 6) is -3.72. The fourth-order valence-electron chi connectivity index (χ4n) is 2.56. The molecule has 2 N–H and O–H groups in total. The topological polar surface area (TPSA) is 77.8 Å². The minimum absolute atomic E-state index is 0.259. The van der Waals surface area contributed by atoms with E-state index in [1.165, 1.54) is 0 Å². The van der Waals surface area contributed by atoms with Crippen molar-refractivity contribution in [1.29, 1.82) is 0 Å². The molecule has 1 aliphatic rings. The molecule has 0 amide bonds. The van der Waals surface area contributed by atoms with Crippen LogP contribution in [0.15, 0.2) is 24.3 Å². The molecule has 0 spiro atoms. The van der Waals surface area contributed by atoms with Crippen LogP contribution in [0, 0.1) is 11.8 Å². The summed E-state index contributed by atoms with van der Waals surface area (Å²) in [5.41, 5.74) is 1.03. The standard InChI is InChI=1S/C14H16ClNO4/c15-10-3-1-9(2-4-10)7-16-6-5-11(13(17)18)12(8-16)14(19)20/h1-4,11-12H,5-8H2,(H,17,18)(H,19,20). The summed E-state index contributed by atoms with van der Waals surface area (Å²) in [6.45, 7) is 1.45. The summed E-state index contributed by atoms with van der Waals surface area (Å²) in [7, 11) is 0. The number of carboxylic acid groups (broad SMARTS) is 2. The number of likely N-dealkylation sites (tertiary alicyclic amines) is 1. The quantitative estimate of drug-likeness (QED) is 0.888. The SMILES string of the molecule is O=C(O)C1CCN(Cc2ccc(Cl)cc2)CC1C(=O)O. The van der Waals surface area contributed by atoms with Gasteiger partial charge < -0.3 is 10.2 Å². The van der Waals surface area contributed by atoms with E-state index in [0.717, 1.165) is 5.56 Å². The molecule has 6 heteroatoms. The van der Waals surface area contributed by atoms with Gasteiger partial charge in [-0.3, -0.25) is 14.5 Å². The van der Waals surface area contributed by atoms with E-state index in [2.05, 4.69) is 0 Å².